The number of anilines is 4. The van der Waals surface area contributed by atoms with E-state index in [1.54, 1.807) is 12.4 Å². The molecule has 3 aromatic heterocycles. The minimum absolute atomic E-state index is 0.109. The van der Waals surface area contributed by atoms with Crippen LogP contribution in [-0.2, 0) is 5.41 Å². The molecule has 0 saturated carbocycles. The summed E-state index contributed by atoms with van der Waals surface area (Å²) in [4.78, 5) is 14.1. The second-order valence-electron chi connectivity index (χ2n) is 16.6. The molecule has 0 spiro atoms. The number of para-hydroxylation sites is 4. The predicted octanol–water partition coefficient (Wildman–Crippen LogP) is 12.3. The summed E-state index contributed by atoms with van der Waals surface area (Å²) in [5.74, 6) is 5.50. The quantitative estimate of drug-likeness (QED) is 0.155. The van der Waals surface area contributed by atoms with E-state index < -0.39 is 0 Å². The maximum Gasteiger partial charge on any atom is 0.221 e. The number of rotatable bonds is 7. The third-order valence-electron chi connectivity index (χ3n) is 11.5. The lowest BCUT2D eigenvalue weighted by molar-refractivity contribution is 0.463. The third-order valence-corrected chi connectivity index (χ3v) is 11.5. The molecule has 3 aliphatic heterocycles. The smallest absolute Gasteiger partial charge is 0.221 e. The molecule has 7 aromatic rings. The molecule has 2 N–H and O–H groups in total. The fraction of sp³-hybridized carbons (Fsp3) is 0.0909. The van der Waals surface area contributed by atoms with Crippen molar-refractivity contribution in [1.29, 1.82) is 0 Å². The fourth-order valence-corrected chi connectivity index (χ4v) is 8.34. The lowest BCUT2D eigenvalue weighted by Gasteiger charge is -2.28. The van der Waals surface area contributed by atoms with Crippen LogP contribution in [0.5, 0.6) is 11.6 Å². The lowest BCUT2D eigenvalue weighted by atomic mass is 9.63. The highest BCUT2D eigenvalue weighted by Gasteiger charge is 2.32. The van der Waals surface area contributed by atoms with Gasteiger partial charge < -0.3 is 25.2 Å². The van der Waals surface area contributed by atoms with Crippen molar-refractivity contribution in [1.82, 2.24) is 25.2 Å². The minimum atomic E-state index is -0.307. The number of pyridine rings is 2. The van der Waals surface area contributed by atoms with E-state index in [-0.39, 0.29) is 29.6 Å². The first-order valence-corrected chi connectivity index (χ1v) is 21.6. The molecule has 0 fully saturated rings. The SMILES string of the molecule is [2H]c1c([2H])c([2H])c2c(c1[2H])c1ccc(Oc3cc(N4CN(c5c(/C6=C/C=C\N/C=C\C=C/[B]6)cccc5/C5=C/C=C\N/C=C\C=C/[B]5)c5ccccc54)ccn3)cc1n2-c1cc(C(C)(C)C)ccn1. The Morgan fingerprint density at radius 1 is 0.646 bits per heavy atom. The van der Waals surface area contributed by atoms with Crippen molar-refractivity contribution >= 4 is 70.1 Å². The summed E-state index contributed by atoms with van der Waals surface area (Å²) in [7, 11) is 4.28. The Morgan fingerprint density at radius 2 is 1.32 bits per heavy atom. The second kappa shape index (κ2) is 18.0. The van der Waals surface area contributed by atoms with Gasteiger partial charge in [0.2, 0.25) is 5.88 Å². The maximum absolute atomic E-state index is 9.06. The maximum atomic E-state index is 9.06. The predicted molar refractivity (Wildman–Crippen MR) is 272 cm³/mol. The highest BCUT2D eigenvalue weighted by Crippen LogP contribution is 2.48. The average molecular weight is 848 g/mol. The molecule has 0 bridgehead atoms. The highest BCUT2D eigenvalue weighted by molar-refractivity contribution is 6.67. The van der Waals surface area contributed by atoms with E-state index in [1.807, 2.05) is 108 Å². The Labute approximate surface area is 387 Å². The third kappa shape index (κ3) is 8.46. The van der Waals surface area contributed by atoms with E-state index in [0.29, 0.717) is 45.9 Å². The van der Waals surface area contributed by atoms with Crippen LogP contribution in [0.1, 0.15) is 42.9 Å². The van der Waals surface area contributed by atoms with Gasteiger partial charge >= 0.3 is 0 Å². The Bertz CT molecular complexity index is 3350. The summed E-state index contributed by atoms with van der Waals surface area (Å²) in [6, 6.07) is 27.4. The number of benzene rings is 4. The Balaban J connectivity index is 1.06. The van der Waals surface area contributed by atoms with E-state index in [1.165, 1.54) is 0 Å². The van der Waals surface area contributed by atoms with Gasteiger partial charge in [-0.3, -0.25) is 4.57 Å². The van der Waals surface area contributed by atoms with E-state index in [9.17, 15) is 0 Å². The van der Waals surface area contributed by atoms with Crippen LogP contribution in [0.2, 0.25) is 0 Å². The minimum Gasteiger partial charge on any atom is -0.439 e. The average Bonchev–Trinajstić information content (AvgIpc) is 3.92. The van der Waals surface area contributed by atoms with E-state index in [0.717, 1.165) is 50.4 Å². The number of ether oxygens (including phenoxy) is 1. The Morgan fingerprint density at radius 3 is 2.05 bits per heavy atom. The zero-order valence-corrected chi connectivity index (χ0v) is 36.3. The standard InChI is InChI=1S/C55H47B2N7O/c1-55(2,3)39-25-33-60-52(35-39)64-48-20-5-4-15-42(48)43-24-23-41(37-51(43)64)65-53-36-40(26-34-61-53)62-38-63(50-22-7-6-21-49(50)62)54-44(46-18-13-31-58-29-10-8-27-56-46)16-12-17-45(54)47-19-14-32-59-30-11-9-28-57-47/h4-37,58-59H,38H2,1-3H3/b27-8-,28-9-,29-10-,30-11-,31-13-,32-14-,46-18-,47-19-/i4D,5D,15D,20D. The molecule has 2 radical (unpaired) electrons. The van der Waals surface area contributed by atoms with Crippen LogP contribution < -0.4 is 25.2 Å². The molecule has 0 aliphatic carbocycles. The number of hydrogen-bond donors (Lipinski definition) is 2. The van der Waals surface area contributed by atoms with Crippen molar-refractivity contribution in [2.24, 2.45) is 0 Å². The van der Waals surface area contributed by atoms with E-state index in [2.05, 4.69) is 127 Å². The molecule has 0 unspecified atom stereocenters. The molecular weight excluding hydrogens is 796 g/mol. The van der Waals surface area contributed by atoms with Crippen LogP contribution in [0.3, 0.4) is 0 Å². The molecular formula is C55H47B2N7O. The molecule has 6 heterocycles. The summed E-state index contributed by atoms with van der Waals surface area (Å²) >= 11 is 0. The zero-order valence-electron chi connectivity index (χ0n) is 40.3. The summed E-state index contributed by atoms with van der Waals surface area (Å²) in [5.41, 5.74) is 9.98. The fourth-order valence-electron chi connectivity index (χ4n) is 8.34. The largest absolute Gasteiger partial charge is 0.439 e. The number of nitrogens with one attached hydrogen (secondary N) is 2. The van der Waals surface area contributed by atoms with E-state index in [4.69, 9.17) is 15.2 Å². The van der Waals surface area contributed by atoms with Gasteiger partial charge in [0.15, 0.2) is 14.6 Å². The van der Waals surface area contributed by atoms with Crippen LogP contribution in [0.25, 0.3) is 38.6 Å². The first-order chi connectivity index (χ1) is 33.6. The van der Waals surface area contributed by atoms with Gasteiger partial charge in [-0.25, -0.2) is 9.97 Å². The first-order valence-electron chi connectivity index (χ1n) is 23.6. The number of nitrogens with zero attached hydrogens (tertiary/aromatic N) is 5. The second-order valence-corrected chi connectivity index (χ2v) is 16.6. The molecule has 4 aromatic carbocycles. The summed E-state index contributed by atoms with van der Waals surface area (Å²) in [5, 5.41) is 7.48. The molecule has 3 aliphatic rings. The summed E-state index contributed by atoms with van der Waals surface area (Å²) in [6.07, 6.45) is 27.4. The Kier molecular flexibility index (Phi) is 10.1. The van der Waals surface area contributed by atoms with Gasteiger partial charge in [-0.15, -0.1) is 12.0 Å². The van der Waals surface area contributed by atoms with Crippen LogP contribution in [0.4, 0.5) is 22.7 Å². The van der Waals surface area contributed by atoms with Crippen LogP contribution in [-0.4, -0.2) is 35.8 Å². The van der Waals surface area contributed by atoms with Crippen molar-refractivity contribution in [2.45, 2.75) is 26.2 Å². The lowest BCUT2D eigenvalue weighted by Crippen LogP contribution is -2.26. The molecule has 10 heteroatoms. The number of fused-ring (bicyclic) bond motifs is 4. The normalized spacial score (nSPS) is 20.3. The van der Waals surface area contributed by atoms with Gasteiger partial charge in [-0.2, -0.15) is 0 Å². The molecule has 0 saturated heterocycles. The van der Waals surface area contributed by atoms with Gasteiger partial charge in [-0.1, -0.05) is 104 Å². The summed E-state index contributed by atoms with van der Waals surface area (Å²) in [6.45, 7) is 6.85. The van der Waals surface area contributed by atoms with Crippen LogP contribution in [0.15, 0.2) is 207 Å². The molecule has 10 rings (SSSR count). The Hall–Kier alpha value is -7.97. The van der Waals surface area contributed by atoms with Crippen molar-refractivity contribution in [3.8, 4) is 17.4 Å². The van der Waals surface area contributed by atoms with Crippen LogP contribution >= 0.6 is 0 Å². The number of allylic oxidation sites excluding steroid dienone is 8. The number of aromatic nitrogens is 3. The van der Waals surface area contributed by atoms with Crippen molar-refractivity contribution < 1.29 is 10.2 Å². The van der Waals surface area contributed by atoms with Crippen molar-refractivity contribution in [2.75, 3.05) is 16.5 Å². The molecule has 0 atom stereocenters. The van der Waals surface area contributed by atoms with Crippen LogP contribution in [0, 0.1) is 0 Å². The van der Waals surface area contributed by atoms with Crippen molar-refractivity contribution in [3.63, 3.8) is 0 Å². The van der Waals surface area contributed by atoms with Gasteiger partial charge in [0.25, 0.3) is 0 Å². The van der Waals surface area contributed by atoms with Gasteiger partial charge in [0.05, 0.1) is 33.6 Å². The molecule has 0 amide bonds. The van der Waals surface area contributed by atoms with Gasteiger partial charge in [-0.05, 0) is 94.9 Å². The highest BCUT2D eigenvalue weighted by atomic mass is 16.5. The topological polar surface area (TPSA) is 70.5 Å². The monoisotopic (exact) mass is 847 g/mol. The van der Waals surface area contributed by atoms with Gasteiger partial charge in [0, 0.05) is 65.8 Å². The molecule has 65 heavy (non-hydrogen) atoms. The van der Waals surface area contributed by atoms with E-state index >= 15 is 0 Å². The summed E-state index contributed by atoms with van der Waals surface area (Å²) < 4.78 is 43.6. The molecule has 8 nitrogen and oxygen atoms in total. The first kappa shape index (κ1) is 36.5. The zero-order chi connectivity index (χ0) is 47.6. The molecule has 314 valence electrons. The van der Waals surface area contributed by atoms with Crippen molar-refractivity contribution in [3.05, 3.63) is 224 Å². The number of hydrogen-bond acceptors (Lipinski definition) is 7. The van der Waals surface area contributed by atoms with Gasteiger partial charge in [0.1, 0.15) is 18.2 Å².